The first kappa shape index (κ1) is 14.4. The first-order valence-electron chi connectivity index (χ1n) is 6.06. The lowest BCUT2D eigenvalue weighted by molar-refractivity contribution is 0.267. The smallest absolute Gasteiger partial charge is 0.202 e. The van der Waals surface area contributed by atoms with Gasteiger partial charge in [0.2, 0.25) is 5.13 Å². The summed E-state index contributed by atoms with van der Waals surface area (Å²) in [7, 11) is 0. The zero-order valence-corrected chi connectivity index (χ0v) is 12.1. The van der Waals surface area contributed by atoms with Crippen molar-refractivity contribution in [2.45, 2.75) is 52.5 Å². The van der Waals surface area contributed by atoms with Crippen LogP contribution in [0.1, 0.15) is 46.9 Å². The highest BCUT2D eigenvalue weighted by atomic mass is 32.1. The topological polar surface area (TPSA) is 58.0 Å². The lowest BCUT2D eigenvalue weighted by atomic mass is 9.96. The summed E-state index contributed by atoms with van der Waals surface area (Å²) in [6, 6.07) is 0.251. The quantitative estimate of drug-likeness (QED) is 0.851. The van der Waals surface area contributed by atoms with E-state index < -0.39 is 0 Å². The third-order valence-electron chi connectivity index (χ3n) is 2.65. The Hall–Kier alpha value is -0.680. The van der Waals surface area contributed by atoms with Gasteiger partial charge in [-0.25, -0.2) is 4.98 Å². The van der Waals surface area contributed by atoms with Gasteiger partial charge >= 0.3 is 0 Å². The summed E-state index contributed by atoms with van der Waals surface area (Å²) in [6.07, 6.45) is 0.738. The van der Waals surface area contributed by atoms with Gasteiger partial charge in [0.15, 0.2) is 0 Å². The van der Waals surface area contributed by atoms with Gasteiger partial charge < -0.3 is 10.4 Å². The van der Waals surface area contributed by atoms with Crippen LogP contribution in [0.2, 0.25) is 0 Å². The maximum Gasteiger partial charge on any atom is 0.202 e. The second kappa shape index (κ2) is 5.78. The summed E-state index contributed by atoms with van der Waals surface area (Å²) in [4.78, 5) is 4.50. The van der Waals surface area contributed by atoms with Crippen molar-refractivity contribution in [3.05, 3.63) is 5.82 Å². The first-order valence-corrected chi connectivity index (χ1v) is 6.83. The molecule has 1 heterocycles. The van der Waals surface area contributed by atoms with E-state index in [0.717, 1.165) is 17.4 Å². The molecule has 98 valence electrons. The van der Waals surface area contributed by atoms with Crippen molar-refractivity contribution in [1.29, 1.82) is 0 Å². The third kappa shape index (κ3) is 4.24. The third-order valence-corrected chi connectivity index (χ3v) is 3.30. The molecule has 1 aromatic heterocycles. The van der Waals surface area contributed by atoms with E-state index in [0.29, 0.717) is 5.92 Å². The zero-order valence-electron chi connectivity index (χ0n) is 11.3. The summed E-state index contributed by atoms with van der Waals surface area (Å²) in [5.74, 6) is 1.33. The van der Waals surface area contributed by atoms with Gasteiger partial charge in [-0.1, -0.05) is 34.6 Å². The fourth-order valence-corrected chi connectivity index (χ4v) is 2.28. The fraction of sp³-hybridized carbons (Fsp3) is 0.833. The molecular formula is C12H23N3OS. The number of anilines is 1. The van der Waals surface area contributed by atoms with Crippen LogP contribution in [0.15, 0.2) is 0 Å². The monoisotopic (exact) mass is 257 g/mol. The van der Waals surface area contributed by atoms with Gasteiger partial charge in [0.05, 0.1) is 0 Å². The van der Waals surface area contributed by atoms with E-state index >= 15 is 0 Å². The Labute approximate surface area is 108 Å². The Balaban J connectivity index is 2.70. The average Bonchev–Trinajstić information content (AvgIpc) is 2.64. The Bertz CT molecular complexity index is 344. The Morgan fingerprint density at radius 1 is 1.35 bits per heavy atom. The van der Waals surface area contributed by atoms with Crippen molar-refractivity contribution in [2.24, 2.45) is 5.92 Å². The lowest BCUT2D eigenvalue weighted by Gasteiger charge is -2.20. The second-order valence-corrected chi connectivity index (χ2v) is 6.43. The molecule has 0 saturated heterocycles. The van der Waals surface area contributed by atoms with Crippen molar-refractivity contribution < 1.29 is 5.11 Å². The summed E-state index contributed by atoms with van der Waals surface area (Å²) in [5.41, 5.74) is -0.0132. The Morgan fingerprint density at radius 3 is 2.41 bits per heavy atom. The predicted molar refractivity (Wildman–Crippen MR) is 72.6 cm³/mol. The number of aromatic nitrogens is 2. The maximum absolute atomic E-state index is 9.03. The first-order chi connectivity index (χ1) is 7.84. The minimum atomic E-state index is -0.0132. The highest BCUT2D eigenvalue weighted by Crippen LogP contribution is 2.24. The fourth-order valence-electron chi connectivity index (χ4n) is 1.46. The number of hydrogen-bond donors (Lipinski definition) is 2. The summed E-state index contributed by atoms with van der Waals surface area (Å²) in [6.45, 7) is 10.8. The number of rotatable bonds is 5. The molecule has 0 radical (unpaired) electrons. The molecule has 1 atom stereocenters. The van der Waals surface area contributed by atoms with Gasteiger partial charge in [0, 0.05) is 29.6 Å². The summed E-state index contributed by atoms with van der Waals surface area (Å²) in [5, 5.41) is 13.2. The van der Waals surface area contributed by atoms with E-state index in [1.54, 1.807) is 0 Å². The van der Waals surface area contributed by atoms with Crippen LogP contribution in [0.25, 0.3) is 0 Å². The zero-order chi connectivity index (χ0) is 13.1. The van der Waals surface area contributed by atoms with E-state index in [2.05, 4.69) is 49.3 Å². The van der Waals surface area contributed by atoms with Gasteiger partial charge in [-0.15, -0.1) is 0 Å². The van der Waals surface area contributed by atoms with Crippen molar-refractivity contribution in [3.8, 4) is 0 Å². The van der Waals surface area contributed by atoms with Crippen LogP contribution in [0.4, 0.5) is 5.13 Å². The highest BCUT2D eigenvalue weighted by molar-refractivity contribution is 7.09. The molecule has 0 bridgehead atoms. The van der Waals surface area contributed by atoms with E-state index in [1.165, 1.54) is 11.5 Å². The molecule has 0 aromatic carbocycles. The van der Waals surface area contributed by atoms with Crippen LogP contribution in [0.5, 0.6) is 0 Å². The SMILES string of the molecule is CC(C)C(CCO)Nc1nc(C(C)(C)C)ns1. The van der Waals surface area contributed by atoms with Gasteiger partial charge in [-0.3, -0.25) is 0 Å². The molecule has 0 aliphatic heterocycles. The molecule has 1 rings (SSSR count). The molecule has 5 heteroatoms. The molecule has 0 aliphatic carbocycles. The second-order valence-electron chi connectivity index (χ2n) is 5.68. The van der Waals surface area contributed by atoms with Gasteiger partial charge in [-0.05, 0) is 12.3 Å². The van der Waals surface area contributed by atoms with Crippen LogP contribution < -0.4 is 5.32 Å². The van der Waals surface area contributed by atoms with Crippen molar-refractivity contribution >= 4 is 16.7 Å². The molecule has 0 spiro atoms. The van der Waals surface area contributed by atoms with Crippen LogP contribution in [0.3, 0.4) is 0 Å². The Morgan fingerprint density at radius 2 is 2.00 bits per heavy atom. The molecule has 17 heavy (non-hydrogen) atoms. The van der Waals surface area contributed by atoms with E-state index in [1.807, 2.05) is 0 Å². The highest BCUT2D eigenvalue weighted by Gasteiger charge is 2.21. The molecule has 1 unspecified atom stereocenters. The maximum atomic E-state index is 9.03. The van der Waals surface area contributed by atoms with E-state index in [9.17, 15) is 0 Å². The lowest BCUT2D eigenvalue weighted by Crippen LogP contribution is -2.26. The molecule has 0 saturated carbocycles. The van der Waals surface area contributed by atoms with Gasteiger partial charge in [0.25, 0.3) is 0 Å². The van der Waals surface area contributed by atoms with Crippen molar-refractivity contribution in [3.63, 3.8) is 0 Å². The van der Waals surface area contributed by atoms with Gasteiger partial charge in [0.1, 0.15) is 5.82 Å². The summed E-state index contributed by atoms with van der Waals surface area (Å²) >= 11 is 1.39. The molecule has 1 aromatic rings. The van der Waals surface area contributed by atoms with Crippen LogP contribution in [-0.4, -0.2) is 27.1 Å². The number of aliphatic hydroxyl groups is 1. The molecule has 0 amide bonds. The van der Waals surface area contributed by atoms with Gasteiger partial charge in [-0.2, -0.15) is 4.37 Å². The largest absolute Gasteiger partial charge is 0.396 e. The molecule has 0 fully saturated rings. The van der Waals surface area contributed by atoms with Crippen LogP contribution in [0, 0.1) is 5.92 Å². The normalized spacial score (nSPS) is 14.1. The number of aliphatic hydroxyl groups excluding tert-OH is 1. The van der Waals surface area contributed by atoms with Crippen LogP contribution >= 0.6 is 11.5 Å². The number of nitrogens with one attached hydrogen (secondary N) is 1. The van der Waals surface area contributed by atoms with E-state index in [-0.39, 0.29) is 18.1 Å². The average molecular weight is 257 g/mol. The standard InChI is InChI=1S/C12H23N3OS/c1-8(2)9(6-7-16)13-11-14-10(15-17-11)12(3,4)5/h8-9,16H,6-7H2,1-5H3,(H,13,14,15). The molecule has 4 nitrogen and oxygen atoms in total. The van der Waals surface area contributed by atoms with Crippen molar-refractivity contribution in [1.82, 2.24) is 9.36 Å². The predicted octanol–water partition coefficient (Wildman–Crippen LogP) is 2.65. The van der Waals surface area contributed by atoms with Crippen LogP contribution in [-0.2, 0) is 5.41 Å². The summed E-state index contributed by atoms with van der Waals surface area (Å²) < 4.78 is 4.37. The molecule has 0 aliphatic rings. The minimum absolute atomic E-state index is 0.0132. The molecular weight excluding hydrogens is 234 g/mol. The number of hydrogen-bond acceptors (Lipinski definition) is 5. The Kier molecular flexibility index (Phi) is 4.89. The molecule has 2 N–H and O–H groups in total. The van der Waals surface area contributed by atoms with Crippen molar-refractivity contribution in [2.75, 3.05) is 11.9 Å². The van der Waals surface area contributed by atoms with E-state index in [4.69, 9.17) is 5.11 Å². The number of nitrogens with zero attached hydrogens (tertiary/aromatic N) is 2. The minimum Gasteiger partial charge on any atom is -0.396 e.